The summed E-state index contributed by atoms with van der Waals surface area (Å²) in [4.78, 5) is 20.3. The third kappa shape index (κ3) is 7.49. The minimum atomic E-state index is -0.0316. The summed E-state index contributed by atoms with van der Waals surface area (Å²) in [5.74, 6) is 0.790. The van der Waals surface area contributed by atoms with Crippen LogP contribution in [0.4, 0.5) is 0 Å². The number of carbonyl (C=O) groups excluding carboxylic acids is 1. The van der Waals surface area contributed by atoms with E-state index in [4.69, 9.17) is 9.40 Å². The van der Waals surface area contributed by atoms with E-state index in [1.807, 2.05) is 46.9 Å². The van der Waals surface area contributed by atoms with E-state index in [-0.39, 0.29) is 43.5 Å². The zero-order valence-corrected chi connectivity index (χ0v) is 27.5. The molecule has 6 heteroatoms. The molecule has 0 aliphatic heterocycles. The number of allylic oxidation sites excluding steroid dienone is 2. The summed E-state index contributed by atoms with van der Waals surface area (Å²) in [5, 5.41) is 13.6. The van der Waals surface area contributed by atoms with Gasteiger partial charge in [0.2, 0.25) is 5.71 Å². The van der Waals surface area contributed by atoms with Crippen molar-refractivity contribution < 1.29 is 34.4 Å². The summed E-state index contributed by atoms with van der Waals surface area (Å²) < 4.78 is 6.22. The van der Waals surface area contributed by atoms with Crippen molar-refractivity contribution in [3.63, 3.8) is 0 Å². The van der Waals surface area contributed by atoms with Crippen LogP contribution in [0.3, 0.4) is 0 Å². The Balaban J connectivity index is 0.000000331. The van der Waals surface area contributed by atoms with E-state index in [9.17, 15) is 9.90 Å². The van der Waals surface area contributed by atoms with Crippen molar-refractivity contribution in [2.45, 2.75) is 61.8 Å². The van der Waals surface area contributed by atoms with Gasteiger partial charge in [0.05, 0.1) is 11.3 Å². The van der Waals surface area contributed by atoms with Gasteiger partial charge in [-0.25, -0.2) is 4.98 Å². The summed E-state index contributed by atoms with van der Waals surface area (Å²) in [6.45, 7) is 15.9. The Labute approximate surface area is 256 Å². The summed E-state index contributed by atoms with van der Waals surface area (Å²) in [7, 11) is 0. The molecule has 2 aromatic carbocycles. The van der Waals surface area contributed by atoms with Crippen molar-refractivity contribution in [1.82, 2.24) is 9.97 Å². The van der Waals surface area contributed by atoms with Gasteiger partial charge < -0.3 is 14.5 Å². The van der Waals surface area contributed by atoms with Gasteiger partial charge in [0.15, 0.2) is 5.78 Å². The van der Waals surface area contributed by atoms with Crippen molar-refractivity contribution in [1.29, 1.82) is 0 Å². The molecule has 0 amide bonds. The minimum absolute atomic E-state index is 0. The molecule has 1 N–H and O–H groups in total. The van der Waals surface area contributed by atoms with Crippen LogP contribution in [0.25, 0.3) is 44.1 Å². The number of aliphatic hydroxyl groups is 1. The van der Waals surface area contributed by atoms with Crippen LogP contribution in [0.1, 0.15) is 58.4 Å². The Kier molecular flexibility index (Phi) is 10.6. The van der Waals surface area contributed by atoms with Crippen molar-refractivity contribution in [2.75, 3.05) is 0 Å². The number of aryl methyl sites for hydroxylation is 2. The molecule has 0 saturated carbocycles. The fourth-order valence-corrected chi connectivity index (χ4v) is 4.60. The third-order valence-corrected chi connectivity index (χ3v) is 6.80. The summed E-state index contributed by atoms with van der Waals surface area (Å²) in [6, 6.07) is 18.5. The normalized spacial score (nSPS) is 11.8. The first-order chi connectivity index (χ1) is 18.9. The molecule has 41 heavy (non-hydrogen) atoms. The summed E-state index contributed by atoms with van der Waals surface area (Å²) >= 11 is 0. The molecule has 0 atom stereocenters. The second kappa shape index (κ2) is 13.5. The van der Waals surface area contributed by atoms with Crippen LogP contribution >= 0.6 is 0 Å². The molecule has 0 spiro atoms. The molecule has 5 aromatic rings. The monoisotopic (exact) mass is 728 g/mol. The first kappa shape index (κ1) is 32.2. The number of hydrogen-bond donors (Lipinski definition) is 1. The number of aliphatic hydroxyl groups excluding tert-OH is 1. The smallest absolute Gasteiger partial charge is 0.216 e. The van der Waals surface area contributed by atoms with Gasteiger partial charge in [-0.2, -0.15) is 0 Å². The maximum Gasteiger partial charge on any atom is 0.216 e. The molecule has 0 saturated heterocycles. The minimum Gasteiger partial charge on any atom is -0.512 e. The van der Waals surface area contributed by atoms with E-state index in [2.05, 4.69) is 68.2 Å². The molecule has 0 aliphatic carbocycles. The molecule has 3 aromatic heterocycles. The number of furan rings is 1. The molecule has 0 unspecified atom stereocenters. The van der Waals surface area contributed by atoms with Crippen LogP contribution < -0.4 is 0 Å². The molecule has 1 radical (unpaired) electrons. The zero-order chi connectivity index (χ0) is 29.1. The van der Waals surface area contributed by atoms with Crippen LogP contribution in [0.5, 0.6) is 0 Å². The number of pyridine rings is 2. The molecular formula is C35H39IrN2O3-. The standard InChI is InChI=1S/C26H23N2O.C9H16O2.Ir/c1-15(2)11-18-6-8-20-19(14-18)9-10-27-24(20)23-13-16(3)12-22-21-7-5-17(4)28-26(21)29-25(22)23;1-6(2)8(10)5-9(11)7(3)4;/h5-10,12,14-15H,11H2,1-4H3;5-7,10H,1-4H3;/q-1;;/b;8-5-;. The molecule has 3 heterocycles. The number of hydrogen-bond acceptors (Lipinski definition) is 5. The van der Waals surface area contributed by atoms with Gasteiger partial charge in [0.1, 0.15) is 0 Å². The van der Waals surface area contributed by atoms with Crippen molar-refractivity contribution in [3.05, 3.63) is 83.4 Å². The van der Waals surface area contributed by atoms with E-state index in [0.29, 0.717) is 11.6 Å². The van der Waals surface area contributed by atoms with Gasteiger partial charge >= 0.3 is 0 Å². The van der Waals surface area contributed by atoms with Crippen LogP contribution in [-0.4, -0.2) is 20.9 Å². The molecule has 0 fully saturated rings. The average Bonchev–Trinajstić information content (AvgIpc) is 3.24. The predicted molar refractivity (Wildman–Crippen MR) is 164 cm³/mol. The van der Waals surface area contributed by atoms with Crippen LogP contribution in [0, 0.1) is 37.7 Å². The second-order valence-electron chi connectivity index (χ2n) is 11.6. The number of fused-ring (bicyclic) bond motifs is 4. The number of nitrogens with zero attached hydrogens (tertiary/aromatic N) is 2. The van der Waals surface area contributed by atoms with Crippen LogP contribution in [-0.2, 0) is 31.3 Å². The molecule has 0 bridgehead atoms. The Morgan fingerprint density at radius 3 is 2.32 bits per heavy atom. The molecule has 5 nitrogen and oxygen atoms in total. The Hall–Kier alpha value is -3.34. The largest absolute Gasteiger partial charge is 0.512 e. The third-order valence-electron chi connectivity index (χ3n) is 6.80. The van der Waals surface area contributed by atoms with E-state index in [1.165, 1.54) is 17.0 Å². The summed E-state index contributed by atoms with van der Waals surface area (Å²) in [5.41, 5.74) is 6.63. The first-order valence-electron chi connectivity index (χ1n) is 14.0. The SMILES string of the molecule is CC(C)C(=O)/C=C(\O)C(C)C.Cc1[c-]c(-c2nccc3cc(CC(C)C)ccc23)c2oc3nc(C)ccc3c2c1.[Ir]. The van der Waals surface area contributed by atoms with Crippen LogP contribution in [0.15, 0.2) is 64.9 Å². The molecule has 5 rings (SSSR count). The van der Waals surface area contributed by atoms with E-state index in [0.717, 1.165) is 50.7 Å². The Morgan fingerprint density at radius 2 is 1.66 bits per heavy atom. The van der Waals surface area contributed by atoms with Gasteiger partial charge in [-0.15, -0.1) is 17.7 Å². The fraction of sp³-hybridized carbons (Fsp3) is 0.343. The van der Waals surface area contributed by atoms with Gasteiger partial charge in [0, 0.05) is 55.3 Å². The van der Waals surface area contributed by atoms with Gasteiger partial charge in [-0.1, -0.05) is 77.6 Å². The van der Waals surface area contributed by atoms with Gasteiger partial charge in [-0.3, -0.25) is 4.79 Å². The van der Waals surface area contributed by atoms with Crippen molar-refractivity contribution in [2.24, 2.45) is 17.8 Å². The molecular weight excluding hydrogens is 689 g/mol. The van der Waals surface area contributed by atoms with E-state index < -0.39 is 0 Å². The predicted octanol–water partition coefficient (Wildman–Crippen LogP) is 9.12. The summed E-state index contributed by atoms with van der Waals surface area (Å²) in [6.07, 6.45) is 4.27. The number of ketones is 1. The van der Waals surface area contributed by atoms with Crippen LogP contribution in [0.2, 0.25) is 0 Å². The fourth-order valence-electron chi connectivity index (χ4n) is 4.60. The maximum atomic E-state index is 11.0. The van der Waals surface area contributed by atoms with Gasteiger partial charge in [0.25, 0.3) is 0 Å². The van der Waals surface area contributed by atoms with E-state index in [1.54, 1.807) is 0 Å². The Bertz CT molecular complexity index is 1710. The number of aromatic nitrogens is 2. The molecule has 0 aliphatic rings. The van der Waals surface area contributed by atoms with Gasteiger partial charge in [-0.05, 0) is 59.5 Å². The number of carbonyl (C=O) groups is 1. The van der Waals surface area contributed by atoms with Crippen molar-refractivity contribution in [3.8, 4) is 11.3 Å². The van der Waals surface area contributed by atoms with E-state index >= 15 is 0 Å². The second-order valence-corrected chi connectivity index (χ2v) is 11.6. The topological polar surface area (TPSA) is 76.2 Å². The first-order valence-corrected chi connectivity index (χ1v) is 14.0. The number of rotatable bonds is 6. The molecule has 217 valence electrons. The average molecular weight is 728 g/mol. The quantitative estimate of drug-likeness (QED) is 0.107. The number of benzene rings is 2. The maximum absolute atomic E-state index is 11.0. The zero-order valence-electron chi connectivity index (χ0n) is 25.1. The Morgan fingerprint density at radius 1 is 0.951 bits per heavy atom. The van der Waals surface area contributed by atoms with Crippen molar-refractivity contribution >= 4 is 38.6 Å².